The second-order valence-electron chi connectivity index (χ2n) is 4.40. The van der Waals surface area contributed by atoms with Crippen LogP contribution in [0.1, 0.15) is 36.7 Å². The van der Waals surface area contributed by atoms with Crippen molar-refractivity contribution < 1.29 is 9.53 Å². The highest BCUT2D eigenvalue weighted by molar-refractivity contribution is 5.89. The summed E-state index contributed by atoms with van der Waals surface area (Å²) in [5, 5.41) is 0. The number of carbonyl (C=O) groups is 1. The molecular weight excluding hydrogens is 194 g/mol. The molecule has 4 heteroatoms. The standard InChI is InChI=1S/C11H15NO3/c1-7-5-8(6-12-9(7)13)10(14)15-11(2,3)4/h5-6H,1-4H3,(H,12,13). The summed E-state index contributed by atoms with van der Waals surface area (Å²) in [6, 6.07) is 1.52. The van der Waals surface area contributed by atoms with E-state index in [4.69, 9.17) is 4.74 Å². The minimum Gasteiger partial charge on any atom is -0.456 e. The van der Waals surface area contributed by atoms with Gasteiger partial charge in [-0.15, -0.1) is 0 Å². The topological polar surface area (TPSA) is 59.2 Å². The van der Waals surface area contributed by atoms with Crippen LogP contribution >= 0.6 is 0 Å². The van der Waals surface area contributed by atoms with Gasteiger partial charge in [-0.2, -0.15) is 0 Å². The van der Waals surface area contributed by atoms with Crippen LogP contribution in [0.5, 0.6) is 0 Å². The Kier molecular flexibility index (Phi) is 2.98. The molecule has 0 aliphatic heterocycles. The molecule has 1 rings (SSSR count). The SMILES string of the molecule is Cc1cc(C(=O)OC(C)(C)C)c[nH]c1=O. The maximum Gasteiger partial charge on any atom is 0.340 e. The van der Waals surface area contributed by atoms with Crippen molar-refractivity contribution in [2.75, 3.05) is 0 Å². The fourth-order valence-electron chi connectivity index (χ4n) is 1.05. The van der Waals surface area contributed by atoms with Gasteiger partial charge in [0, 0.05) is 11.8 Å². The van der Waals surface area contributed by atoms with Crippen LogP contribution in [0, 0.1) is 6.92 Å². The summed E-state index contributed by atoms with van der Waals surface area (Å²) in [4.78, 5) is 25.1. The van der Waals surface area contributed by atoms with Crippen LogP contribution < -0.4 is 5.56 Å². The number of aromatic nitrogens is 1. The van der Waals surface area contributed by atoms with E-state index in [0.29, 0.717) is 11.1 Å². The Hall–Kier alpha value is -1.58. The van der Waals surface area contributed by atoms with Gasteiger partial charge >= 0.3 is 5.97 Å². The molecule has 0 radical (unpaired) electrons. The third kappa shape index (κ3) is 3.23. The zero-order valence-electron chi connectivity index (χ0n) is 9.38. The van der Waals surface area contributed by atoms with Gasteiger partial charge in [-0.25, -0.2) is 4.79 Å². The van der Waals surface area contributed by atoms with Gasteiger partial charge in [-0.3, -0.25) is 4.79 Å². The molecule has 0 bridgehead atoms. The van der Waals surface area contributed by atoms with Crippen molar-refractivity contribution in [2.24, 2.45) is 0 Å². The molecule has 0 aliphatic rings. The molecule has 0 atom stereocenters. The van der Waals surface area contributed by atoms with E-state index in [0.717, 1.165) is 0 Å². The number of nitrogens with one attached hydrogen (secondary N) is 1. The Bertz CT molecular complexity index is 426. The van der Waals surface area contributed by atoms with Gasteiger partial charge in [-0.1, -0.05) is 0 Å². The molecule has 0 saturated carbocycles. The predicted molar refractivity (Wildman–Crippen MR) is 57.0 cm³/mol. The Morgan fingerprint density at radius 3 is 2.47 bits per heavy atom. The van der Waals surface area contributed by atoms with Gasteiger partial charge in [0.05, 0.1) is 5.56 Å². The molecular formula is C11H15NO3. The molecule has 1 N–H and O–H groups in total. The number of aromatic amines is 1. The highest BCUT2D eigenvalue weighted by Gasteiger charge is 2.18. The maximum absolute atomic E-state index is 11.6. The summed E-state index contributed by atoms with van der Waals surface area (Å²) in [5.74, 6) is -0.429. The number of esters is 1. The van der Waals surface area contributed by atoms with Crippen molar-refractivity contribution in [3.63, 3.8) is 0 Å². The van der Waals surface area contributed by atoms with Crippen molar-refractivity contribution in [1.82, 2.24) is 4.98 Å². The zero-order chi connectivity index (χ0) is 11.6. The van der Waals surface area contributed by atoms with Crippen molar-refractivity contribution in [3.8, 4) is 0 Å². The normalized spacial score (nSPS) is 11.2. The highest BCUT2D eigenvalue weighted by atomic mass is 16.6. The molecule has 1 aromatic rings. The second-order valence-corrected chi connectivity index (χ2v) is 4.40. The molecule has 15 heavy (non-hydrogen) atoms. The minimum absolute atomic E-state index is 0.192. The van der Waals surface area contributed by atoms with Crippen LogP contribution in [-0.4, -0.2) is 16.6 Å². The quantitative estimate of drug-likeness (QED) is 0.715. The van der Waals surface area contributed by atoms with Crippen LogP contribution in [0.4, 0.5) is 0 Å². The van der Waals surface area contributed by atoms with Gasteiger partial charge in [0.2, 0.25) is 0 Å². The molecule has 0 amide bonds. The number of hydrogen-bond donors (Lipinski definition) is 1. The summed E-state index contributed by atoms with van der Waals surface area (Å²) < 4.78 is 5.16. The van der Waals surface area contributed by atoms with Gasteiger partial charge < -0.3 is 9.72 Å². The number of aryl methyl sites for hydroxylation is 1. The lowest BCUT2D eigenvalue weighted by atomic mass is 10.2. The summed E-state index contributed by atoms with van der Waals surface area (Å²) in [7, 11) is 0. The lowest BCUT2D eigenvalue weighted by Crippen LogP contribution is -2.24. The number of carbonyl (C=O) groups excluding carboxylic acids is 1. The first-order valence-corrected chi connectivity index (χ1v) is 4.72. The zero-order valence-corrected chi connectivity index (χ0v) is 9.38. The van der Waals surface area contributed by atoms with E-state index >= 15 is 0 Å². The number of hydrogen-bond acceptors (Lipinski definition) is 3. The van der Waals surface area contributed by atoms with E-state index in [1.165, 1.54) is 12.3 Å². The van der Waals surface area contributed by atoms with Crippen molar-refractivity contribution in [2.45, 2.75) is 33.3 Å². The average molecular weight is 209 g/mol. The maximum atomic E-state index is 11.6. The van der Waals surface area contributed by atoms with E-state index in [-0.39, 0.29) is 5.56 Å². The first-order valence-electron chi connectivity index (χ1n) is 4.72. The van der Waals surface area contributed by atoms with E-state index in [2.05, 4.69) is 4.98 Å². The van der Waals surface area contributed by atoms with Crippen molar-refractivity contribution in [1.29, 1.82) is 0 Å². The molecule has 0 saturated heterocycles. The van der Waals surface area contributed by atoms with E-state index < -0.39 is 11.6 Å². The van der Waals surface area contributed by atoms with E-state index in [9.17, 15) is 9.59 Å². The summed E-state index contributed by atoms with van der Waals surface area (Å²) in [6.07, 6.45) is 1.36. The van der Waals surface area contributed by atoms with Gasteiger partial charge in [0.1, 0.15) is 5.60 Å². The Balaban J connectivity index is 2.93. The van der Waals surface area contributed by atoms with Crippen LogP contribution in [0.15, 0.2) is 17.1 Å². The largest absolute Gasteiger partial charge is 0.456 e. The molecule has 0 aromatic carbocycles. The summed E-state index contributed by atoms with van der Waals surface area (Å²) in [5.41, 5.74) is 0.142. The van der Waals surface area contributed by atoms with Crippen molar-refractivity contribution >= 4 is 5.97 Å². The fourth-order valence-corrected chi connectivity index (χ4v) is 1.05. The number of pyridine rings is 1. The highest BCUT2D eigenvalue weighted by Crippen LogP contribution is 2.11. The summed E-state index contributed by atoms with van der Waals surface area (Å²) >= 11 is 0. The number of H-pyrrole nitrogens is 1. The minimum atomic E-state index is -0.527. The first kappa shape index (κ1) is 11.5. The molecule has 0 fully saturated rings. The predicted octanol–water partition coefficient (Wildman–Crippen LogP) is 1.64. The Morgan fingerprint density at radius 2 is 2.00 bits per heavy atom. The second kappa shape index (κ2) is 3.88. The molecule has 1 heterocycles. The van der Waals surface area contributed by atoms with Crippen molar-refractivity contribution in [3.05, 3.63) is 33.7 Å². The van der Waals surface area contributed by atoms with Gasteiger partial charge in [0.25, 0.3) is 5.56 Å². The third-order valence-corrected chi connectivity index (χ3v) is 1.72. The van der Waals surface area contributed by atoms with E-state index in [1.54, 1.807) is 27.7 Å². The molecule has 1 aromatic heterocycles. The first-order chi connectivity index (χ1) is 6.79. The molecule has 82 valence electrons. The lowest BCUT2D eigenvalue weighted by molar-refractivity contribution is 0.00689. The Labute approximate surface area is 88.3 Å². The number of ether oxygens (including phenoxy) is 1. The van der Waals surface area contributed by atoms with Gasteiger partial charge in [0.15, 0.2) is 0 Å². The van der Waals surface area contributed by atoms with E-state index in [1.807, 2.05) is 0 Å². The average Bonchev–Trinajstić information content (AvgIpc) is 2.06. The van der Waals surface area contributed by atoms with Crippen LogP contribution in [0.3, 0.4) is 0 Å². The smallest absolute Gasteiger partial charge is 0.340 e. The Morgan fingerprint density at radius 1 is 1.40 bits per heavy atom. The molecule has 0 unspecified atom stereocenters. The molecule has 0 aliphatic carbocycles. The lowest BCUT2D eigenvalue weighted by Gasteiger charge is -2.19. The van der Waals surface area contributed by atoms with Crippen LogP contribution in [0.25, 0.3) is 0 Å². The molecule has 4 nitrogen and oxygen atoms in total. The monoisotopic (exact) mass is 209 g/mol. The number of rotatable bonds is 1. The van der Waals surface area contributed by atoms with Crippen LogP contribution in [-0.2, 0) is 4.74 Å². The molecule has 0 spiro atoms. The summed E-state index contributed by atoms with van der Waals surface area (Å²) in [6.45, 7) is 7.03. The van der Waals surface area contributed by atoms with Gasteiger partial charge in [-0.05, 0) is 33.8 Å². The third-order valence-electron chi connectivity index (χ3n) is 1.72. The fraction of sp³-hybridized carbons (Fsp3) is 0.455. The van der Waals surface area contributed by atoms with Crippen LogP contribution in [0.2, 0.25) is 0 Å².